The van der Waals surface area contributed by atoms with E-state index in [9.17, 15) is 0 Å². The van der Waals surface area contributed by atoms with Crippen molar-refractivity contribution in [1.82, 2.24) is 0 Å². The van der Waals surface area contributed by atoms with Gasteiger partial charge in [0.1, 0.15) is 0 Å². The van der Waals surface area contributed by atoms with Gasteiger partial charge in [-0.15, -0.1) is 0 Å². The summed E-state index contributed by atoms with van der Waals surface area (Å²) in [4.78, 5) is 0. The predicted octanol–water partition coefficient (Wildman–Crippen LogP) is 3.20. The zero-order valence-corrected chi connectivity index (χ0v) is 11.3. The molecule has 0 bridgehead atoms. The van der Waals surface area contributed by atoms with Gasteiger partial charge >= 0.3 is 0 Å². The van der Waals surface area contributed by atoms with Crippen molar-refractivity contribution in [2.75, 3.05) is 6.54 Å². The molecule has 0 unspecified atom stereocenters. The minimum Gasteiger partial charge on any atom is -0.371 e. The highest BCUT2D eigenvalue weighted by Crippen LogP contribution is 2.29. The largest absolute Gasteiger partial charge is 0.371 e. The fourth-order valence-electron chi connectivity index (χ4n) is 2.38. The highest BCUT2D eigenvalue weighted by atomic mass is 16.5. The quantitative estimate of drug-likeness (QED) is 0.708. The van der Waals surface area contributed by atoms with Gasteiger partial charge in [-0.2, -0.15) is 0 Å². The van der Waals surface area contributed by atoms with E-state index in [0.717, 1.165) is 12.8 Å². The molecule has 2 heteroatoms. The van der Waals surface area contributed by atoms with E-state index in [1.54, 1.807) is 0 Å². The third-order valence-electron chi connectivity index (χ3n) is 2.42. The topological polar surface area (TPSA) is 35.2 Å². The zero-order valence-electron chi connectivity index (χ0n) is 11.3. The monoisotopic (exact) mass is 215 g/mol. The molecule has 0 heterocycles. The molecule has 0 saturated heterocycles. The Morgan fingerprint density at radius 1 is 0.933 bits per heavy atom. The maximum atomic E-state index is 6.08. The molecule has 0 radical (unpaired) electrons. The molecule has 0 spiro atoms. The summed E-state index contributed by atoms with van der Waals surface area (Å²) >= 11 is 0. The molecule has 15 heavy (non-hydrogen) atoms. The summed E-state index contributed by atoms with van der Waals surface area (Å²) in [7, 11) is 0. The first kappa shape index (κ1) is 14.9. The van der Waals surface area contributed by atoms with Crippen LogP contribution in [-0.2, 0) is 4.74 Å². The molecule has 0 saturated carbocycles. The van der Waals surface area contributed by atoms with Crippen LogP contribution in [0, 0.1) is 11.8 Å². The van der Waals surface area contributed by atoms with E-state index in [0.29, 0.717) is 18.4 Å². The van der Waals surface area contributed by atoms with Gasteiger partial charge in [0.05, 0.1) is 11.7 Å². The molecule has 0 atom stereocenters. The van der Waals surface area contributed by atoms with Crippen molar-refractivity contribution < 1.29 is 4.74 Å². The molecule has 0 fully saturated rings. The minimum atomic E-state index is -0.115. The Morgan fingerprint density at radius 3 is 1.53 bits per heavy atom. The molecule has 0 aromatic rings. The number of rotatable bonds is 7. The van der Waals surface area contributed by atoms with Gasteiger partial charge in [-0.05, 0) is 38.5 Å². The molecule has 2 nitrogen and oxygen atoms in total. The van der Waals surface area contributed by atoms with Crippen LogP contribution in [0.25, 0.3) is 0 Å². The van der Waals surface area contributed by atoms with Crippen LogP contribution >= 0.6 is 0 Å². The third-order valence-corrected chi connectivity index (χ3v) is 2.42. The van der Waals surface area contributed by atoms with Crippen LogP contribution in [0.2, 0.25) is 0 Å². The first-order chi connectivity index (χ1) is 6.81. The molecule has 0 aliphatic heterocycles. The number of hydrogen-bond donors (Lipinski definition) is 1. The number of ether oxygens (including phenoxy) is 1. The Balaban J connectivity index is 4.59. The number of nitrogens with two attached hydrogens (primary N) is 1. The van der Waals surface area contributed by atoms with Crippen LogP contribution in [0.15, 0.2) is 0 Å². The average Bonchev–Trinajstić information content (AvgIpc) is 1.99. The first-order valence-electron chi connectivity index (χ1n) is 6.19. The molecule has 92 valence electrons. The lowest BCUT2D eigenvalue weighted by Crippen LogP contribution is -2.44. The molecule has 0 aromatic heterocycles. The van der Waals surface area contributed by atoms with Crippen molar-refractivity contribution in [2.24, 2.45) is 17.6 Å². The maximum Gasteiger partial charge on any atom is 0.0812 e. The van der Waals surface area contributed by atoms with Crippen molar-refractivity contribution in [1.29, 1.82) is 0 Å². The van der Waals surface area contributed by atoms with E-state index < -0.39 is 0 Å². The van der Waals surface area contributed by atoms with Crippen LogP contribution in [0.1, 0.15) is 54.4 Å². The van der Waals surface area contributed by atoms with E-state index in [-0.39, 0.29) is 11.7 Å². The Labute approximate surface area is 95.6 Å². The summed E-state index contributed by atoms with van der Waals surface area (Å²) < 4.78 is 6.08. The molecule has 0 rings (SSSR count). The van der Waals surface area contributed by atoms with Gasteiger partial charge in [0.2, 0.25) is 0 Å². The van der Waals surface area contributed by atoms with E-state index in [1.165, 1.54) is 0 Å². The highest BCUT2D eigenvalue weighted by Gasteiger charge is 2.32. The van der Waals surface area contributed by atoms with Gasteiger partial charge in [0.15, 0.2) is 0 Å². The van der Waals surface area contributed by atoms with Gasteiger partial charge in [-0.1, -0.05) is 27.7 Å². The van der Waals surface area contributed by atoms with E-state index in [1.807, 2.05) is 0 Å². The fourth-order valence-corrected chi connectivity index (χ4v) is 2.38. The normalized spacial score (nSPS) is 13.2. The summed E-state index contributed by atoms with van der Waals surface area (Å²) in [6, 6.07) is 0. The lowest BCUT2D eigenvalue weighted by molar-refractivity contribution is -0.0966. The Morgan fingerprint density at radius 2 is 1.33 bits per heavy atom. The third kappa shape index (κ3) is 6.16. The van der Waals surface area contributed by atoms with Crippen LogP contribution in [0.3, 0.4) is 0 Å². The van der Waals surface area contributed by atoms with Crippen molar-refractivity contribution in [3.05, 3.63) is 0 Å². The molecular formula is C13H29NO. The summed E-state index contributed by atoms with van der Waals surface area (Å²) in [5.41, 5.74) is 5.81. The Bertz CT molecular complexity index is 137. The molecule has 0 aliphatic carbocycles. The van der Waals surface area contributed by atoms with Crippen LogP contribution < -0.4 is 5.73 Å². The molecule has 0 aromatic carbocycles. The van der Waals surface area contributed by atoms with Crippen molar-refractivity contribution in [3.63, 3.8) is 0 Å². The fraction of sp³-hybridized carbons (Fsp3) is 1.00. The van der Waals surface area contributed by atoms with Gasteiger partial charge in [-0.3, -0.25) is 0 Å². The zero-order chi connectivity index (χ0) is 12.1. The van der Waals surface area contributed by atoms with Gasteiger partial charge < -0.3 is 10.5 Å². The van der Waals surface area contributed by atoms with Crippen molar-refractivity contribution in [2.45, 2.75) is 66.1 Å². The average molecular weight is 215 g/mol. The maximum absolute atomic E-state index is 6.08. The minimum absolute atomic E-state index is 0.115. The predicted molar refractivity (Wildman–Crippen MR) is 66.9 cm³/mol. The first-order valence-corrected chi connectivity index (χ1v) is 6.19. The highest BCUT2D eigenvalue weighted by molar-refractivity contribution is 4.85. The van der Waals surface area contributed by atoms with Crippen LogP contribution in [0.4, 0.5) is 0 Å². The second kappa shape index (κ2) is 6.49. The van der Waals surface area contributed by atoms with Gasteiger partial charge in [0, 0.05) is 6.54 Å². The van der Waals surface area contributed by atoms with E-state index in [2.05, 4.69) is 41.5 Å². The Kier molecular flexibility index (Phi) is 6.46. The van der Waals surface area contributed by atoms with Gasteiger partial charge in [0.25, 0.3) is 0 Å². The van der Waals surface area contributed by atoms with Crippen LogP contribution in [-0.4, -0.2) is 18.2 Å². The molecule has 0 aliphatic rings. The summed E-state index contributed by atoms with van der Waals surface area (Å²) in [6.07, 6.45) is 2.37. The molecular weight excluding hydrogens is 186 g/mol. The smallest absolute Gasteiger partial charge is 0.0812 e. The summed E-state index contributed by atoms with van der Waals surface area (Å²) in [5, 5.41) is 0. The second-order valence-electron chi connectivity index (χ2n) is 5.75. The van der Waals surface area contributed by atoms with Crippen molar-refractivity contribution >= 4 is 0 Å². The van der Waals surface area contributed by atoms with E-state index in [4.69, 9.17) is 10.5 Å². The van der Waals surface area contributed by atoms with Crippen molar-refractivity contribution in [3.8, 4) is 0 Å². The molecule has 2 N–H and O–H groups in total. The Hall–Kier alpha value is -0.0800. The lowest BCUT2D eigenvalue weighted by Gasteiger charge is -2.37. The standard InChI is InChI=1S/C13H29NO/c1-10(2)7-13(9-14,8-11(3)4)15-12(5)6/h10-12H,7-9,14H2,1-6H3. The summed E-state index contributed by atoms with van der Waals surface area (Å²) in [6.45, 7) is 13.7. The number of hydrogen-bond acceptors (Lipinski definition) is 2. The summed E-state index contributed by atoms with van der Waals surface area (Å²) in [5.74, 6) is 1.26. The van der Waals surface area contributed by atoms with Gasteiger partial charge in [-0.25, -0.2) is 0 Å². The lowest BCUT2D eigenvalue weighted by atomic mass is 9.84. The van der Waals surface area contributed by atoms with Crippen LogP contribution in [0.5, 0.6) is 0 Å². The second-order valence-corrected chi connectivity index (χ2v) is 5.75. The van der Waals surface area contributed by atoms with E-state index >= 15 is 0 Å². The molecule has 0 amide bonds. The SMILES string of the molecule is CC(C)CC(CN)(CC(C)C)OC(C)C.